The van der Waals surface area contributed by atoms with Gasteiger partial charge in [0.05, 0.1) is 6.04 Å². The number of rotatable bonds is 3. The van der Waals surface area contributed by atoms with Crippen molar-refractivity contribution in [2.45, 2.75) is 50.6 Å². The Hall–Kier alpha value is -0.580. The molecule has 0 radical (unpaired) electrons. The van der Waals surface area contributed by atoms with Crippen LogP contribution in [-0.2, 0) is 4.79 Å². The number of carbonyl (C=O) groups excluding carboxylic acids is 1. The van der Waals surface area contributed by atoms with Gasteiger partial charge >= 0.3 is 0 Å². The number of hydrogen-bond donors (Lipinski definition) is 1. The van der Waals surface area contributed by atoms with Crippen LogP contribution in [0.1, 0.15) is 50.1 Å². The lowest BCUT2D eigenvalue weighted by Crippen LogP contribution is -2.35. The highest BCUT2D eigenvalue weighted by atomic mass is 79.9. The molecule has 0 spiro atoms. The van der Waals surface area contributed by atoms with Crippen molar-refractivity contribution in [1.82, 2.24) is 4.90 Å². The van der Waals surface area contributed by atoms with E-state index in [1.807, 2.05) is 12.1 Å². The second kappa shape index (κ2) is 7.80. The zero-order chi connectivity index (χ0) is 14.8. The average Bonchev–Trinajstić information content (AvgIpc) is 3.08. The Morgan fingerprint density at radius 1 is 1.27 bits per heavy atom. The fraction of sp³-hybridized carbons (Fsp3) is 0.588. The topological polar surface area (TPSA) is 46.3 Å². The van der Waals surface area contributed by atoms with E-state index in [2.05, 4.69) is 33.0 Å². The Labute approximate surface area is 147 Å². The van der Waals surface area contributed by atoms with E-state index in [1.165, 1.54) is 12.0 Å². The maximum atomic E-state index is 12.7. The molecule has 1 amide bonds. The Morgan fingerprint density at radius 3 is 2.77 bits per heavy atom. The molecule has 1 aromatic rings. The predicted octanol–water partition coefficient (Wildman–Crippen LogP) is 4.05. The zero-order valence-corrected chi connectivity index (χ0v) is 15.1. The van der Waals surface area contributed by atoms with E-state index in [0.717, 1.165) is 36.7 Å². The number of nitrogens with two attached hydrogens (primary N) is 1. The lowest BCUT2D eigenvalue weighted by Gasteiger charge is -2.27. The Morgan fingerprint density at radius 2 is 2.09 bits per heavy atom. The van der Waals surface area contributed by atoms with Gasteiger partial charge in [-0.25, -0.2) is 0 Å². The SMILES string of the molecule is Cl.N[C@@H]1CCC[C@H]1CC(=O)N1CCCC1c1cccc(Br)c1. The second-order valence-corrected chi connectivity index (χ2v) is 7.27. The fourth-order valence-electron chi connectivity index (χ4n) is 3.79. The van der Waals surface area contributed by atoms with Crippen LogP contribution >= 0.6 is 28.3 Å². The summed E-state index contributed by atoms with van der Waals surface area (Å²) in [5.41, 5.74) is 7.36. The predicted molar refractivity (Wildman–Crippen MR) is 95.0 cm³/mol. The van der Waals surface area contributed by atoms with Gasteiger partial charge in [-0.05, 0) is 49.3 Å². The maximum Gasteiger partial charge on any atom is 0.223 e. The van der Waals surface area contributed by atoms with Gasteiger partial charge in [0.15, 0.2) is 0 Å². The molecule has 2 N–H and O–H groups in total. The number of hydrogen-bond acceptors (Lipinski definition) is 2. The number of halogens is 2. The van der Waals surface area contributed by atoms with Gasteiger partial charge in [-0.3, -0.25) is 4.79 Å². The standard InChI is InChI=1S/C17H23BrN2O.ClH/c18-14-6-1-5-13(10-14)16-8-3-9-20(16)17(21)11-12-4-2-7-15(12)19;/h1,5-6,10,12,15-16H,2-4,7-9,11,19H2;1H/t12-,15+,16?;/m0./s1. The summed E-state index contributed by atoms with van der Waals surface area (Å²) in [4.78, 5) is 14.8. The summed E-state index contributed by atoms with van der Waals surface area (Å²) >= 11 is 3.53. The molecule has 1 heterocycles. The summed E-state index contributed by atoms with van der Waals surface area (Å²) < 4.78 is 1.08. The van der Waals surface area contributed by atoms with Gasteiger partial charge < -0.3 is 10.6 Å². The van der Waals surface area contributed by atoms with Crippen molar-refractivity contribution in [3.05, 3.63) is 34.3 Å². The van der Waals surface area contributed by atoms with Crippen LogP contribution < -0.4 is 5.73 Å². The van der Waals surface area contributed by atoms with Crippen molar-refractivity contribution in [2.75, 3.05) is 6.54 Å². The van der Waals surface area contributed by atoms with Gasteiger partial charge in [-0.1, -0.05) is 34.5 Å². The van der Waals surface area contributed by atoms with Crippen LogP contribution in [0.4, 0.5) is 0 Å². The normalized spacial score (nSPS) is 27.7. The molecular weight excluding hydrogens is 364 g/mol. The molecule has 22 heavy (non-hydrogen) atoms. The van der Waals surface area contributed by atoms with Crippen molar-refractivity contribution in [1.29, 1.82) is 0 Å². The summed E-state index contributed by atoms with van der Waals surface area (Å²) in [5.74, 6) is 0.682. The van der Waals surface area contributed by atoms with Crippen LogP contribution in [0.2, 0.25) is 0 Å². The van der Waals surface area contributed by atoms with Gasteiger partial charge in [0, 0.05) is 23.5 Å². The third kappa shape index (κ3) is 3.84. The number of nitrogens with zero attached hydrogens (tertiary/aromatic N) is 1. The van der Waals surface area contributed by atoms with Gasteiger partial charge in [0.2, 0.25) is 5.91 Å². The highest BCUT2D eigenvalue weighted by molar-refractivity contribution is 9.10. The van der Waals surface area contributed by atoms with Gasteiger partial charge in [-0.15, -0.1) is 12.4 Å². The van der Waals surface area contributed by atoms with Crippen LogP contribution in [0.25, 0.3) is 0 Å². The Bertz CT molecular complexity index is 525. The van der Waals surface area contributed by atoms with E-state index >= 15 is 0 Å². The number of benzene rings is 1. The van der Waals surface area contributed by atoms with Crippen molar-refractivity contribution in [3.63, 3.8) is 0 Å². The van der Waals surface area contributed by atoms with E-state index in [-0.39, 0.29) is 24.5 Å². The van der Waals surface area contributed by atoms with Gasteiger partial charge in [-0.2, -0.15) is 0 Å². The third-order valence-corrected chi connectivity index (χ3v) is 5.45. The van der Waals surface area contributed by atoms with Crippen LogP contribution in [0.15, 0.2) is 28.7 Å². The molecule has 3 rings (SSSR count). The Balaban J connectivity index is 0.00000176. The average molecular weight is 388 g/mol. The Kier molecular flexibility index (Phi) is 6.30. The number of carbonyl (C=O) groups is 1. The van der Waals surface area contributed by atoms with E-state index < -0.39 is 0 Å². The molecule has 5 heteroatoms. The maximum absolute atomic E-state index is 12.7. The first-order chi connectivity index (χ1) is 10.1. The molecule has 3 nitrogen and oxygen atoms in total. The van der Waals surface area contributed by atoms with Crippen LogP contribution in [0.3, 0.4) is 0 Å². The highest BCUT2D eigenvalue weighted by Gasteiger charge is 2.33. The van der Waals surface area contributed by atoms with E-state index in [4.69, 9.17) is 5.73 Å². The van der Waals surface area contributed by atoms with E-state index in [1.54, 1.807) is 0 Å². The molecule has 1 saturated carbocycles. The van der Waals surface area contributed by atoms with Crippen molar-refractivity contribution < 1.29 is 4.79 Å². The monoisotopic (exact) mass is 386 g/mol. The van der Waals surface area contributed by atoms with E-state index in [9.17, 15) is 4.79 Å². The lowest BCUT2D eigenvalue weighted by atomic mass is 9.98. The first kappa shape index (κ1) is 17.8. The number of amides is 1. The van der Waals surface area contributed by atoms with Crippen LogP contribution in [0.5, 0.6) is 0 Å². The molecule has 122 valence electrons. The molecule has 3 atom stereocenters. The minimum Gasteiger partial charge on any atom is -0.336 e. The first-order valence-corrected chi connectivity index (χ1v) is 8.75. The van der Waals surface area contributed by atoms with Crippen LogP contribution in [-0.4, -0.2) is 23.4 Å². The summed E-state index contributed by atoms with van der Waals surface area (Å²) in [6, 6.07) is 8.81. The molecule has 2 fully saturated rings. The van der Waals surface area contributed by atoms with Gasteiger partial charge in [0.25, 0.3) is 0 Å². The molecule has 2 aliphatic rings. The minimum atomic E-state index is 0. The molecule has 1 saturated heterocycles. The van der Waals surface area contributed by atoms with Gasteiger partial charge in [0.1, 0.15) is 0 Å². The lowest BCUT2D eigenvalue weighted by molar-refractivity contribution is -0.133. The summed E-state index contributed by atoms with van der Waals surface area (Å²) in [6.07, 6.45) is 6.16. The smallest absolute Gasteiger partial charge is 0.223 e. The molecule has 1 aliphatic carbocycles. The molecule has 1 aliphatic heterocycles. The fourth-order valence-corrected chi connectivity index (χ4v) is 4.20. The molecule has 1 unspecified atom stereocenters. The summed E-state index contributed by atoms with van der Waals surface area (Å²) in [7, 11) is 0. The summed E-state index contributed by atoms with van der Waals surface area (Å²) in [6.45, 7) is 0.887. The zero-order valence-electron chi connectivity index (χ0n) is 12.7. The quantitative estimate of drug-likeness (QED) is 0.850. The molecular formula is C17H24BrClN2O. The molecule has 0 aromatic heterocycles. The second-order valence-electron chi connectivity index (χ2n) is 6.36. The largest absolute Gasteiger partial charge is 0.336 e. The first-order valence-electron chi connectivity index (χ1n) is 7.95. The van der Waals surface area contributed by atoms with Crippen molar-refractivity contribution >= 4 is 34.2 Å². The minimum absolute atomic E-state index is 0. The third-order valence-electron chi connectivity index (χ3n) is 4.96. The number of likely N-dealkylation sites (tertiary alicyclic amines) is 1. The summed E-state index contributed by atoms with van der Waals surface area (Å²) in [5, 5.41) is 0. The van der Waals surface area contributed by atoms with E-state index in [0.29, 0.717) is 18.2 Å². The highest BCUT2D eigenvalue weighted by Crippen LogP contribution is 2.35. The van der Waals surface area contributed by atoms with Crippen molar-refractivity contribution in [2.24, 2.45) is 11.7 Å². The van der Waals surface area contributed by atoms with Crippen LogP contribution in [0, 0.1) is 5.92 Å². The van der Waals surface area contributed by atoms with Crippen molar-refractivity contribution in [3.8, 4) is 0 Å². The molecule has 1 aromatic carbocycles. The molecule has 0 bridgehead atoms.